The van der Waals surface area contributed by atoms with E-state index in [0.29, 0.717) is 5.69 Å². The molecule has 2 amide bonds. The van der Waals surface area contributed by atoms with Crippen LogP contribution in [0.2, 0.25) is 0 Å². The van der Waals surface area contributed by atoms with Crippen molar-refractivity contribution in [1.29, 1.82) is 0 Å². The Hall–Kier alpha value is -1.79. The molecular formula is C16H18N2O2S2. The van der Waals surface area contributed by atoms with Crippen LogP contribution >= 0.6 is 23.1 Å². The summed E-state index contributed by atoms with van der Waals surface area (Å²) >= 11 is 3.16. The number of benzene rings is 1. The lowest BCUT2D eigenvalue weighted by Gasteiger charge is -2.13. The molecule has 2 rings (SSSR count). The van der Waals surface area contributed by atoms with Crippen LogP contribution in [-0.4, -0.2) is 24.1 Å². The first-order valence-electron chi connectivity index (χ1n) is 6.87. The maximum atomic E-state index is 12.0. The maximum absolute atomic E-state index is 12.0. The molecule has 1 atom stereocenters. The lowest BCUT2D eigenvalue weighted by molar-refractivity contribution is -0.136. The van der Waals surface area contributed by atoms with Crippen LogP contribution in [0.5, 0.6) is 0 Å². The molecular weight excluding hydrogens is 316 g/mol. The molecule has 6 heteroatoms. The van der Waals surface area contributed by atoms with E-state index in [1.165, 1.54) is 16.6 Å². The van der Waals surface area contributed by atoms with Crippen LogP contribution in [0, 0.1) is 0 Å². The van der Waals surface area contributed by atoms with Gasteiger partial charge in [0.15, 0.2) is 0 Å². The van der Waals surface area contributed by atoms with E-state index in [-0.39, 0.29) is 6.04 Å². The van der Waals surface area contributed by atoms with Crippen LogP contribution in [-0.2, 0) is 16.0 Å². The molecule has 116 valence electrons. The van der Waals surface area contributed by atoms with Crippen LogP contribution in [0.1, 0.15) is 11.8 Å². The highest BCUT2D eigenvalue weighted by atomic mass is 32.2. The Labute approximate surface area is 138 Å². The third-order valence-electron chi connectivity index (χ3n) is 3.03. The van der Waals surface area contributed by atoms with Crippen molar-refractivity contribution in [2.24, 2.45) is 0 Å². The first kappa shape index (κ1) is 16.6. The van der Waals surface area contributed by atoms with Crippen molar-refractivity contribution in [2.45, 2.75) is 24.3 Å². The van der Waals surface area contributed by atoms with Crippen molar-refractivity contribution in [3.63, 3.8) is 0 Å². The second-order valence-corrected chi connectivity index (χ2v) is 6.69. The minimum atomic E-state index is -0.639. The van der Waals surface area contributed by atoms with E-state index < -0.39 is 11.8 Å². The fraction of sp³-hybridized carbons (Fsp3) is 0.250. The minimum Gasteiger partial charge on any atom is -0.345 e. The van der Waals surface area contributed by atoms with Crippen molar-refractivity contribution < 1.29 is 9.59 Å². The van der Waals surface area contributed by atoms with E-state index in [4.69, 9.17) is 0 Å². The molecule has 2 N–H and O–H groups in total. The van der Waals surface area contributed by atoms with Crippen molar-refractivity contribution in [2.75, 3.05) is 11.6 Å². The van der Waals surface area contributed by atoms with Crippen molar-refractivity contribution >= 4 is 40.6 Å². The van der Waals surface area contributed by atoms with Crippen LogP contribution < -0.4 is 10.6 Å². The number of thioether (sulfide) groups is 1. The Morgan fingerprint density at radius 1 is 1.18 bits per heavy atom. The van der Waals surface area contributed by atoms with Gasteiger partial charge in [0.05, 0.1) is 5.69 Å². The highest BCUT2D eigenvalue weighted by molar-refractivity contribution is 7.98. The van der Waals surface area contributed by atoms with Gasteiger partial charge in [-0.25, -0.2) is 0 Å². The summed E-state index contributed by atoms with van der Waals surface area (Å²) in [6.45, 7) is 1.89. The van der Waals surface area contributed by atoms with Gasteiger partial charge in [0.1, 0.15) is 0 Å². The van der Waals surface area contributed by atoms with E-state index in [9.17, 15) is 9.59 Å². The van der Waals surface area contributed by atoms with Crippen LogP contribution in [0.4, 0.5) is 5.69 Å². The standard InChI is InChI=1S/C16H18N2O2S2/c1-11(10-12-6-5-9-22-12)17-15(19)16(20)18-13-7-3-4-8-14(13)21-2/h3-9,11H,10H2,1-2H3,(H,17,19)(H,18,20)/t11-/m1/s1. The number of carbonyl (C=O) groups is 2. The Morgan fingerprint density at radius 2 is 1.95 bits per heavy atom. The van der Waals surface area contributed by atoms with Gasteiger partial charge in [0.25, 0.3) is 0 Å². The SMILES string of the molecule is CSc1ccccc1NC(=O)C(=O)N[C@H](C)Cc1cccs1. The molecule has 0 unspecified atom stereocenters. The van der Waals surface area contributed by atoms with Crippen LogP contribution in [0.3, 0.4) is 0 Å². The lowest BCUT2D eigenvalue weighted by Crippen LogP contribution is -2.41. The molecule has 0 aliphatic rings. The van der Waals surface area contributed by atoms with E-state index in [1.807, 2.05) is 48.9 Å². The van der Waals surface area contributed by atoms with Gasteiger partial charge in [-0.3, -0.25) is 9.59 Å². The number of carbonyl (C=O) groups excluding carboxylic acids is 2. The monoisotopic (exact) mass is 334 g/mol. The van der Waals surface area contributed by atoms with Gasteiger partial charge >= 0.3 is 11.8 Å². The van der Waals surface area contributed by atoms with Gasteiger partial charge in [-0.05, 0) is 36.8 Å². The minimum absolute atomic E-state index is 0.0901. The van der Waals surface area contributed by atoms with E-state index in [0.717, 1.165) is 11.3 Å². The Bertz CT molecular complexity index is 641. The number of anilines is 1. The summed E-state index contributed by atoms with van der Waals surface area (Å²) in [5.41, 5.74) is 0.654. The van der Waals surface area contributed by atoms with Crippen molar-refractivity contribution in [1.82, 2.24) is 5.32 Å². The molecule has 0 radical (unpaired) electrons. The second kappa shape index (κ2) is 8.00. The number of hydrogen-bond donors (Lipinski definition) is 2. The summed E-state index contributed by atoms with van der Waals surface area (Å²) in [6.07, 6.45) is 2.65. The van der Waals surface area contributed by atoms with Gasteiger partial charge in [0, 0.05) is 22.2 Å². The molecule has 1 aromatic heterocycles. The van der Waals surface area contributed by atoms with Gasteiger partial charge in [0.2, 0.25) is 0 Å². The molecule has 2 aromatic rings. The summed E-state index contributed by atoms with van der Waals surface area (Å²) in [5.74, 6) is -1.25. The molecule has 0 fully saturated rings. The number of rotatable bonds is 5. The molecule has 0 aliphatic heterocycles. The zero-order chi connectivity index (χ0) is 15.9. The fourth-order valence-electron chi connectivity index (χ4n) is 2.00. The van der Waals surface area contributed by atoms with E-state index in [2.05, 4.69) is 10.6 Å². The number of para-hydroxylation sites is 1. The van der Waals surface area contributed by atoms with E-state index in [1.54, 1.807) is 17.4 Å². The van der Waals surface area contributed by atoms with Crippen molar-refractivity contribution in [3.05, 3.63) is 46.7 Å². The largest absolute Gasteiger partial charge is 0.345 e. The molecule has 0 spiro atoms. The average Bonchev–Trinajstić information content (AvgIpc) is 3.00. The van der Waals surface area contributed by atoms with Crippen molar-refractivity contribution in [3.8, 4) is 0 Å². The summed E-state index contributed by atoms with van der Waals surface area (Å²) < 4.78 is 0. The Balaban J connectivity index is 1.90. The Kier molecular flexibility index (Phi) is 6.03. The fourth-order valence-corrected chi connectivity index (χ4v) is 3.39. The normalized spacial score (nSPS) is 11.7. The molecule has 0 saturated heterocycles. The molecule has 0 aliphatic carbocycles. The maximum Gasteiger partial charge on any atom is 0.313 e. The molecule has 4 nitrogen and oxygen atoms in total. The zero-order valence-electron chi connectivity index (χ0n) is 12.5. The highest BCUT2D eigenvalue weighted by Gasteiger charge is 2.17. The van der Waals surface area contributed by atoms with Gasteiger partial charge < -0.3 is 10.6 Å². The third-order valence-corrected chi connectivity index (χ3v) is 4.72. The molecule has 0 bridgehead atoms. The van der Waals surface area contributed by atoms with Crippen LogP contribution in [0.25, 0.3) is 0 Å². The quantitative estimate of drug-likeness (QED) is 0.652. The average molecular weight is 334 g/mol. The smallest absolute Gasteiger partial charge is 0.313 e. The molecule has 22 heavy (non-hydrogen) atoms. The highest BCUT2D eigenvalue weighted by Crippen LogP contribution is 2.24. The van der Waals surface area contributed by atoms with Crippen LogP contribution in [0.15, 0.2) is 46.7 Å². The second-order valence-electron chi connectivity index (χ2n) is 4.81. The van der Waals surface area contributed by atoms with Gasteiger partial charge in [-0.15, -0.1) is 23.1 Å². The molecule has 0 saturated carbocycles. The van der Waals surface area contributed by atoms with Gasteiger partial charge in [-0.1, -0.05) is 18.2 Å². The molecule has 1 heterocycles. The first-order chi connectivity index (χ1) is 10.6. The summed E-state index contributed by atoms with van der Waals surface area (Å²) in [4.78, 5) is 26.1. The topological polar surface area (TPSA) is 58.2 Å². The predicted molar refractivity (Wildman–Crippen MR) is 92.5 cm³/mol. The lowest BCUT2D eigenvalue weighted by atomic mass is 10.2. The number of amides is 2. The third kappa shape index (κ3) is 4.61. The van der Waals surface area contributed by atoms with E-state index >= 15 is 0 Å². The predicted octanol–water partition coefficient (Wildman–Crippen LogP) is 3.16. The molecule has 1 aromatic carbocycles. The number of thiophene rings is 1. The van der Waals surface area contributed by atoms with Gasteiger partial charge in [-0.2, -0.15) is 0 Å². The zero-order valence-corrected chi connectivity index (χ0v) is 14.1. The number of hydrogen-bond acceptors (Lipinski definition) is 4. The summed E-state index contributed by atoms with van der Waals surface area (Å²) in [6, 6.07) is 11.3. The summed E-state index contributed by atoms with van der Waals surface area (Å²) in [5, 5.41) is 7.38. The number of nitrogens with one attached hydrogen (secondary N) is 2. The summed E-state index contributed by atoms with van der Waals surface area (Å²) in [7, 11) is 0. The first-order valence-corrected chi connectivity index (χ1v) is 8.98. The Morgan fingerprint density at radius 3 is 2.64 bits per heavy atom.